The zero-order valence-electron chi connectivity index (χ0n) is 21.3. The van der Waals surface area contributed by atoms with Gasteiger partial charge in [0.1, 0.15) is 0 Å². The van der Waals surface area contributed by atoms with Crippen LogP contribution in [0.25, 0.3) is 11.5 Å². The molecule has 1 fully saturated rings. The Morgan fingerprint density at radius 3 is 2.25 bits per heavy atom. The van der Waals surface area contributed by atoms with Crippen molar-refractivity contribution in [1.82, 2.24) is 10.3 Å². The van der Waals surface area contributed by atoms with Gasteiger partial charge in [-0.3, -0.25) is 14.4 Å². The second-order valence-corrected chi connectivity index (χ2v) is 10.1. The molecule has 1 heterocycles. The molecule has 0 radical (unpaired) electrons. The molecule has 1 saturated carbocycles. The summed E-state index contributed by atoms with van der Waals surface area (Å²) in [5.74, 6) is -3.69. The maximum atomic E-state index is 13.5. The summed E-state index contributed by atoms with van der Waals surface area (Å²) in [4.78, 5) is 39.5. The molecule has 2 aromatic carbocycles. The van der Waals surface area contributed by atoms with Crippen LogP contribution in [0, 0.1) is 5.92 Å². The summed E-state index contributed by atoms with van der Waals surface area (Å²) in [7, 11) is 0. The maximum Gasteiger partial charge on any atom is 0.452 e. The number of hydrogen-bond acceptors (Lipinski definition) is 5. The van der Waals surface area contributed by atoms with Gasteiger partial charge in [-0.2, -0.15) is 13.2 Å². The third-order valence-electron chi connectivity index (χ3n) is 6.80. The monoisotopic (exact) mass is 577 g/mol. The Morgan fingerprint density at radius 2 is 1.65 bits per heavy atom. The van der Waals surface area contributed by atoms with Gasteiger partial charge in [0.25, 0.3) is 5.91 Å². The Morgan fingerprint density at radius 1 is 1.00 bits per heavy atom. The minimum Gasteiger partial charge on any atom is -0.481 e. The fraction of sp³-hybridized carbons (Fsp3) is 0.357. The summed E-state index contributed by atoms with van der Waals surface area (Å²) in [6.45, 7) is -0.219. The number of nitrogens with zero attached hydrogens (tertiary/aromatic N) is 1. The molecule has 2 amide bonds. The van der Waals surface area contributed by atoms with Crippen molar-refractivity contribution in [2.24, 2.45) is 5.92 Å². The number of halogens is 4. The fourth-order valence-electron chi connectivity index (χ4n) is 4.76. The summed E-state index contributed by atoms with van der Waals surface area (Å²) in [5.41, 5.74) is 0.948. The highest BCUT2D eigenvalue weighted by molar-refractivity contribution is 6.30. The predicted octanol–water partition coefficient (Wildman–Crippen LogP) is 6.52. The van der Waals surface area contributed by atoms with Crippen molar-refractivity contribution < 1.29 is 37.1 Å². The average molecular weight is 578 g/mol. The molecule has 12 heteroatoms. The number of carbonyl (C=O) groups is 3. The molecule has 1 aromatic heterocycles. The number of nitrogens with one attached hydrogen (secondary N) is 2. The van der Waals surface area contributed by atoms with Crippen LogP contribution in [-0.4, -0.2) is 34.4 Å². The Labute approximate surface area is 232 Å². The lowest BCUT2D eigenvalue weighted by atomic mass is 9.77. The van der Waals surface area contributed by atoms with Crippen molar-refractivity contribution in [3.8, 4) is 11.5 Å². The zero-order valence-corrected chi connectivity index (χ0v) is 22.0. The number of oxazole rings is 1. The van der Waals surface area contributed by atoms with Gasteiger partial charge >= 0.3 is 12.1 Å². The summed E-state index contributed by atoms with van der Waals surface area (Å²) in [5, 5.41) is 14.3. The number of anilines is 1. The van der Waals surface area contributed by atoms with Crippen LogP contribution in [0.2, 0.25) is 5.02 Å². The van der Waals surface area contributed by atoms with Gasteiger partial charge in [0.05, 0.1) is 0 Å². The smallest absolute Gasteiger partial charge is 0.452 e. The Balaban J connectivity index is 1.28. The molecule has 4 rings (SSSR count). The lowest BCUT2D eigenvalue weighted by molar-refractivity contribution is -0.153. The Kier molecular flexibility index (Phi) is 9.14. The van der Waals surface area contributed by atoms with Crippen LogP contribution in [0.1, 0.15) is 66.3 Å². The normalized spacial score (nSPS) is 17.3. The molecule has 0 atom stereocenters. The molecule has 0 saturated heterocycles. The first-order chi connectivity index (χ1) is 19.0. The number of carboxylic acids is 1. The van der Waals surface area contributed by atoms with Gasteiger partial charge in [-0.1, -0.05) is 23.7 Å². The number of aromatic nitrogens is 1. The number of amides is 2. The number of hydrogen-bond donors (Lipinski definition) is 3. The number of rotatable bonds is 9. The maximum absolute atomic E-state index is 13.5. The van der Waals surface area contributed by atoms with Gasteiger partial charge in [-0.05, 0) is 79.5 Å². The highest BCUT2D eigenvalue weighted by Gasteiger charge is 2.42. The molecule has 1 aliphatic carbocycles. The largest absolute Gasteiger partial charge is 0.481 e. The highest BCUT2D eigenvalue weighted by atomic mass is 35.5. The van der Waals surface area contributed by atoms with Crippen LogP contribution in [0.4, 0.5) is 18.9 Å². The van der Waals surface area contributed by atoms with E-state index in [2.05, 4.69) is 15.6 Å². The van der Waals surface area contributed by atoms with Crippen LogP contribution >= 0.6 is 11.6 Å². The molecule has 212 valence electrons. The van der Waals surface area contributed by atoms with E-state index in [4.69, 9.17) is 21.1 Å². The third-order valence-corrected chi connectivity index (χ3v) is 7.06. The second-order valence-electron chi connectivity index (χ2n) is 9.69. The number of carbonyl (C=O) groups excluding carboxylic acids is 2. The summed E-state index contributed by atoms with van der Waals surface area (Å²) in [6.07, 6.45) is -1.39. The molecule has 3 aromatic rings. The van der Waals surface area contributed by atoms with Gasteiger partial charge in [0.2, 0.25) is 17.6 Å². The molecule has 0 aliphatic heterocycles. The van der Waals surface area contributed by atoms with E-state index in [1.54, 1.807) is 12.1 Å². The van der Waals surface area contributed by atoms with E-state index in [9.17, 15) is 27.6 Å². The molecule has 40 heavy (non-hydrogen) atoms. The molecule has 0 bridgehead atoms. The zero-order chi connectivity index (χ0) is 28.9. The van der Waals surface area contributed by atoms with Gasteiger partial charge in [-0.25, -0.2) is 4.98 Å². The molecular formula is C28H27ClF3N3O5. The molecule has 0 unspecified atom stereocenters. The van der Waals surface area contributed by atoms with E-state index in [0.29, 0.717) is 16.6 Å². The first-order valence-corrected chi connectivity index (χ1v) is 13.1. The van der Waals surface area contributed by atoms with Crippen LogP contribution < -0.4 is 10.6 Å². The lowest BCUT2D eigenvalue weighted by Gasteiger charge is -2.28. The SMILES string of the molecule is O=C(O)CC1CCC(c2ccc(NC(=O)CCNC(=O)c3nc(-c4ccc(Cl)cc4)oc3C(F)(F)F)cc2)CC1. The van der Waals surface area contributed by atoms with Crippen molar-refractivity contribution in [1.29, 1.82) is 0 Å². The van der Waals surface area contributed by atoms with Crippen molar-refractivity contribution in [3.05, 3.63) is 70.6 Å². The minimum absolute atomic E-state index is 0.176. The minimum atomic E-state index is -4.95. The van der Waals surface area contributed by atoms with E-state index >= 15 is 0 Å². The first-order valence-electron chi connectivity index (χ1n) is 12.7. The van der Waals surface area contributed by atoms with Crippen molar-refractivity contribution in [2.45, 2.75) is 50.6 Å². The number of benzene rings is 2. The Bertz CT molecular complexity index is 1350. The van der Waals surface area contributed by atoms with Crippen LogP contribution in [0.15, 0.2) is 52.9 Å². The predicted molar refractivity (Wildman–Crippen MR) is 141 cm³/mol. The van der Waals surface area contributed by atoms with Crippen LogP contribution in [0.3, 0.4) is 0 Å². The van der Waals surface area contributed by atoms with E-state index in [-0.39, 0.29) is 36.8 Å². The fourth-order valence-corrected chi connectivity index (χ4v) is 4.89. The van der Waals surface area contributed by atoms with Crippen LogP contribution in [0.5, 0.6) is 0 Å². The summed E-state index contributed by atoms with van der Waals surface area (Å²) in [6, 6.07) is 13.1. The molecule has 1 aliphatic rings. The van der Waals surface area contributed by atoms with Gasteiger partial charge in [0, 0.05) is 35.7 Å². The number of aliphatic carboxylic acids is 1. The van der Waals surface area contributed by atoms with Gasteiger partial charge < -0.3 is 20.2 Å². The molecule has 8 nitrogen and oxygen atoms in total. The molecular weight excluding hydrogens is 551 g/mol. The standard InChI is InChI=1S/C28H27ClF3N3O5/c29-20-9-5-19(6-10-20)27-35-24(25(40-27)28(30,31)32)26(39)33-14-13-22(36)34-21-11-7-18(8-12-21)17-3-1-16(2-4-17)15-23(37)38/h5-12,16-17H,1-4,13-15H2,(H,33,39)(H,34,36)(H,37,38). The van der Waals surface area contributed by atoms with Crippen molar-refractivity contribution in [2.75, 3.05) is 11.9 Å². The average Bonchev–Trinajstić information content (AvgIpc) is 3.36. The highest BCUT2D eigenvalue weighted by Crippen LogP contribution is 2.38. The summed E-state index contributed by atoms with van der Waals surface area (Å²) >= 11 is 5.81. The summed E-state index contributed by atoms with van der Waals surface area (Å²) < 4.78 is 45.3. The Hall–Kier alpha value is -3.86. The van der Waals surface area contributed by atoms with Crippen LogP contribution in [-0.2, 0) is 15.8 Å². The number of carboxylic acid groups (broad SMARTS) is 1. The van der Waals surface area contributed by atoms with Gasteiger partial charge in [-0.15, -0.1) is 0 Å². The molecule has 3 N–H and O–H groups in total. The van der Waals surface area contributed by atoms with E-state index < -0.39 is 35.4 Å². The quantitative estimate of drug-likeness (QED) is 0.266. The lowest BCUT2D eigenvalue weighted by Crippen LogP contribution is -2.29. The van der Waals surface area contributed by atoms with Crippen molar-refractivity contribution in [3.63, 3.8) is 0 Å². The van der Waals surface area contributed by atoms with E-state index in [1.807, 2.05) is 12.1 Å². The van der Waals surface area contributed by atoms with E-state index in [0.717, 1.165) is 31.2 Å². The second kappa shape index (κ2) is 12.5. The first kappa shape index (κ1) is 29.1. The van der Waals surface area contributed by atoms with E-state index in [1.165, 1.54) is 24.3 Å². The third kappa shape index (κ3) is 7.62. The van der Waals surface area contributed by atoms with Crippen molar-refractivity contribution >= 4 is 35.1 Å². The number of alkyl halides is 3. The topological polar surface area (TPSA) is 122 Å². The molecule has 0 spiro atoms. The van der Waals surface area contributed by atoms with Gasteiger partial charge in [0.15, 0.2) is 5.69 Å².